The summed E-state index contributed by atoms with van der Waals surface area (Å²) in [7, 11) is 0. The Balaban J connectivity index is 2.58. The van der Waals surface area contributed by atoms with Crippen LogP contribution in [0.25, 0.3) is 0 Å². The van der Waals surface area contributed by atoms with E-state index < -0.39 is 6.10 Å². The zero-order valence-corrected chi connectivity index (χ0v) is 11.9. The van der Waals surface area contributed by atoms with Crippen molar-refractivity contribution in [3.8, 4) is 0 Å². The maximum atomic E-state index is 11.8. The Morgan fingerprint density at radius 2 is 2.29 bits per heavy atom. The number of hydrogen-bond donors (Lipinski definition) is 2. The van der Waals surface area contributed by atoms with Crippen LogP contribution in [0.1, 0.15) is 30.1 Å². The second kappa shape index (κ2) is 6.99. The maximum Gasteiger partial charge on any atom is 0.252 e. The zero-order valence-electron chi connectivity index (χ0n) is 9.54. The van der Waals surface area contributed by atoms with Crippen LogP contribution in [0.15, 0.2) is 22.7 Å². The third-order valence-electron chi connectivity index (χ3n) is 2.30. The highest BCUT2D eigenvalue weighted by molar-refractivity contribution is 9.10. The zero-order chi connectivity index (χ0) is 12.8. The van der Waals surface area contributed by atoms with Crippen LogP contribution in [0.5, 0.6) is 0 Å². The van der Waals surface area contributed by atoms with Gasteiger partial charge in [-0.25, -0.2) is 0 Å². The first-order chi connectivity index (χ1) is 8.04. The molecule has 0 fully saturated rings. The summed E-state index contributed by atoms with van der Waals surface area (Å²) >= 11 is 9.22. The lowest BCUT2D eigenvalue weighted by molar-refractivity contribution is 0.0910. The second-order valence-corrected chi connectivity index (χ2v) is 5.10. The van der Waals surface area contributed by atoms with Gasteiger partial charge in [-0.15, -0.1) is 0 Å². The lowest BCUT2D eigenvalue weighted by Gasteiger charge is -2.11. The first-order valence-electron chi connectivity index (χ1n) is 5.46. The number of carbonyl (C=O) groups is 1. The van der Waals surface area contributed by atoms with Crippen molar-refractivity contribution >= 4 is 33.4 Å². The van der Waals surface area contributed by atoms with E-state index in [9.17, 15) is 9.90 Å². The molecule has 0 aliphatic heterocycles. The number of halogens is 2. The number of amides is 1. The monoisotopic (exact) mass is 319 g/mol. The molecule has 17 heavy (non-hydrogen) atoms. The van der Waals surface area contributed by atoms with Crippen LogP contribution in [0.4, 0.5) is 0 Å². The summed E-state index contributed by atoms with van der Waals surface area (Å²) in [5.74, 6) is -0.266. The van der Waals surface area contributed by atoms with Gasteiger partial charge in [0.15, 0.2) is 0 Å². The van der Waals surface area contributed by atoms with E-state index >= 15 is 0 Å². The molecule has 0 bridgehead atoms. The van der Waals surface area contributed by atoms with E-state index in [1.54, 1.807) is 18.2 Å². The molecule has 5 heteroatoms. The highest BCUT2D eigenvalue weighted by atomic mass is 79.9. The molecule has 1 aromatic carbocycles. The third-order valence-corrected chi connectivity index (χ3v) is 3.10. The van der Waals surface area contributed by atoms with Gasteiger partial charge in [0.2, 0.25) is 0 Å². The summed E-state index contributed by atoms with van der Waals surface area (Å²) in [5, 5.41) is 12.5. The molecule has 1 rings (SSSR count). The normalized spacial score (nSPS) is 12.2. The second-order valence-electron chi connectivity index (χ2n) is 3.78. The molecule has 0 aliphatic carbocycles. The predicted octanol–water partition coefficient (Wildman–Crippen LogP) is 2.99. The molecular formula is C12H15BrClNO2. The molecule has 1 aromatic rings. The van der Waals surface area contributed by atoms with E-state index in [4.69, 9.17) is 11.6 Å². The van der Waals surface area contributed by atoms with Gasteiger partial charge in [0, 0.05) is 11.0 Å². The Morgan fingerprint density at radius 3 is 2.88 bits per heavy atom. The number of aliphatic hydroxyl groups is 1. The Hall–Kier alpha value is -0.580. The van der Waals surface area contributed by atoms with Crippen molar-refractivity contribution in [2.45, 2.75) is 25.9 Å². The van der Waals surface area contributed by atoms with Crippen molar-refractivity contribution in [3.05, 3.63) is 33.3 Å². The molecule has 1 unspecified atom stereocenters. The Morgan fingerprint density at radius 1 is 1.59 bits per heavy atom. The number of rotatable bonds is 5. The lowest BCUT2D eigenvalue weighted by atomic mass is 10.2. The Kier molecular flexibility index (Phi) is 5.95. The summed E-state index contributed by atoms with van der Waals surface area (Å²) in [6.45, 7) is 2.23. The number of nitrogens with one attached hydrogen (secondary N) is 1. The summed E-state index contributed by atoms with van der Waals surface area (Å²) in [6.07, 6.45) is 1.06. The predicted molar refractivity (Wildman–Crippen MR) is 72.4 cm³/mol. The van der Waals surface area contributed by atoms with Crippen LogP contribution >= 0.6 is 27.5 Å². The molecule has 94 valence electrons. The Labute approximate surface area is 114 Å². The molecular weight excluding hydrogens is 305 g/mol. The third kappa shape index (κ3) is 4.66. The average Bonchev–Trinajstić information content (AvgIpc) is 2.26. The van der Waals surface area contributed by atoms with E-state index in [1.807, 2.05) is 6.92 Å². The topological polar surface area (TPSA) is 49.3 Å². The number of aliphatic hydroxyl groups excluding tert-OH is 1. The summed E-state index contributed by atoms with van der Waals surface area (Å²) in [6, 6.07) is 5.07. The Bertz CT molecular complexity index is 398. The number of benzene rings is 1. The van der Waals surface area contributed by atoms with Gasteiger partial charge in [-0.3, -0.25) is 4.79 Å². The van der Waals surface area contributed by atoms with Gasteiger partial charge in [0.25, 0.3) is 5.91 Å². The molecule has 0 heterocycles. The number of carbonyl (C=O) groups excluding carboxylic acids is 1. The van der Waals surface area contributed by atoms with Gasteiger partial charge in [0.05, 0.1) is 16.7 Å². The molecule has 2 N–H and O–H groups in total. The van der Waals surface area contributed by atoms with Gasteiger partial charge in [-0.2, -0.15) is 0 Å². The van der Waals surface area contributed by atoms with Crippen LogP contribution in [0, 0.1) is 0 Å². The van der Waals surface area contributed by atoms with Crippen molar-refractivity contribution in [1.82, 2.24) is 5.32 Å². The average molecular weight is 321 g/mol. The smallest absolute Gasteiger partial charge is 0.252 e. The highest BCUT2D eigenvalue weighted by Crippen LogP contribution is 2.21. The van der Waals surface area contributed by atoms with Crippen molar-refractivity contribution in [2.75, 3.05) is 6.54 Å². The van der Waals surface area contributed by atoms with Gasteiger partial charge < -0.3 is 10.4 Å². The lowest BCUT2D eigenvalue weighted by Crippen LogP contribution is -2.32. The van der Waals surface area contributed by atoms with Crippen LogP contribution in [0.2, 0.25) is 5.02 Å². The minimum atomic E-state index is -0.502. The first kappa shape index (κ1) is 14.5. The molecule has 0 saturated carbocycles. The molecule has 0 radical (unpaired) electrons. The quantitative estimate of drug-likeness (QED) is 0.876. The van der Waals surface area contributed by atoms with E-state index in [2.05, 4.69) is 21.2 Å². The molecule has 0 spiro atoms. The van der Waals surface area contributed by atoms with E-state index in [0.29, 0.717) is 17.0 Å². The van der Waals surface area contributed by atoms with Gasteiger partial charge in [0.1, 0.15) is 0 Å². The SMILES string of the molecule is CCCC(O)CNC(=O)c1ccc(Br)cc1Cl. The van der Waals surface area contributed by atoms with Gasteiger partial charge in [-0.1, -0.05) is 40.9 Å². The number of hydrogen-bond acceptors (Lipinski definition) is 2. The van der Waals surface area contributed by atoms with Crippen LogP contribution in [-0.4, -0.2) is 23.7 Å². The molecule has 3 nitrogen and oxygen atoms in total. The fraction of sp³-hybridized carbons (Fsp3) is 0.417. The van der Waals surface area contributed by atoms with Crippen LogP contribution < -0.4 is 5.32 Å². The summed E-state index contributed by atoms with van der Waals surface area (Å²) in [4.78, 5) is 11.8. The van der Waals surface area contributed by atoms with Crippen molar-refractivity contribution in [2.24, 2.45) is 0 Å². The van der Waals surface area contributed by atoms with Crippen molar-refractivity contribution in [3.63, 3.8) is 0 Å². The standard InChI is InChI=1S/C12H15BrClNO2/c1-2-3-9(16)7-15-12(17)10-5-4-8(13)6-11(10)14/h4-6,9,16H,2-3,7H2,1H3,(H,15,17). The van der Waals surface area contributed by atoms with Crippen molar-refractivity contribution < 1.29 is 9.90 Å². The minimum absolute atomic E-state index is 0.249. The minimum Gasteiger partial charge on any atom is -0.391 e. The fourth-order valence-electron chi connectivity index (χ4n) is 1.41. The largest absolute Gasteiger partial charge is 0.391 e. The molecule has 0 aliphatic rings. The maximum absolute atomic E-state index is 11.8. The van der Waals surface area contributed by atoms with Crippen LogP contribution in [-0.2, 0) is 0 Å². The highest BCUT2D eigenvalue weighted by Gasteiger charge is 2.11. The van der Waals surface area contributed by atoms with E-state index in [1.165, 1.54) is 0 Å². The molecule has 0 saturated heterocycles. The van der Waals surface area contributed by atoms with Gasteiger partial charge >= 0.3 is 0 Å². The van der Waals surface area contributed by atoms with Crippen LogP contribution in [0.3, 0.4) is 0 Å². The molecule has 1 atom stereocenters. The summed E-state index contributed by atoms with van der Waals surface area (Å²) in [5.41, 5.74) is 0.415. The first-order valence-corrected chi connectivity index (χ1v) is 6.63. The molecule has 1 amide bonds. The molecule has 0 aromatic heterocycles. The summed E-state index contributed by atoms with van der Waals surface area (Å²) < 4.78 is 0.824. The fourth-order valence-corrected chi connectivity index (χ4v) is 2.17. The van der Waals surface area contributed by atoms with Crippen molar-refractivity contribution in [1.29, 1.82) is 0 Å². The van der Waals surface area contributed by atoms with E-state index in [0.717, 1.165) is 10.9 Å². The van der Waals surface area contributed by atoms with Gasteiger partial charge in [-0.05, 0) is 24.6 Å². The van der Waals surface area contributed by atoms with E-state index in [-0.39, 0.29) is 12.5 Å².